The summed E-state index contributed by atoms with van der Waals surface area (Å²) in [5.74, 6) is 1.35. The molecule has 1 aromatic carbocycles. The van der Waals surface area contributed by atoms with Gasteiger partial charge in [-0.3, -0.25) is 0 Å². The van der Waals surface area contributed by atoms with Crippen molar-refractivity contribution in [3.63, 3.8) is 0 Å². The van der Waals surface area contributed by atoms with E-state index in [1.165, 1.54) is 11.3 Å². The predicted molar refractivity (Wildman–Crippen MR) is 76.8 cm³/mol. The van der Waals surface area contributed by atoms with Gasteiger partial charge in [-0.05, 0) is 18.1 Å². The zero-order valence-electron chi connectivity index (χ0n) is 12.0. The molecule has 0 fully saturated rings. The fourth-order valence-corrected chi connectivity index (χ4v) is 2.75. The van der Waals surface area contributed by atoms with Crippen molar-refractivity contribution in [1.29, 1.82) is 0 Å². The second kappa shape index (κ2) is 6.24. The number of para-hydroxylation sites is 1. The molecule has 1 aromatic heterocycles. The number of methoxy groups -OCH3 is 1. The highest BCUT2D eigenvalue weighted by atomic mass is 16.5. The fraction of sp³-hybridized carbons (Fsp3) is 0.467. The maximum absolute atomic E-state index is 9.48. The van der Waals surface area contributed by atoms with Gasteiger partial charge in [0.1, 0.15) is 6.61 Å². The number of ether oxygens (including phenoxy) is 1. The number of benzene rings is 1. The molecule has 0 amide bonds. The molecule has 3 rings (SSSR count). The number of nitrogens with zero attached hydrogens (tertiary/aromatic N) is 3. The van der Waals surface area contributed by atoms with Crippen LogP contribution in [0.5, 0.6) is 0 Å². The normalized spacial score (nSPS) is 17.8. The first-order valence-corrected chi connectivity index (χ1v) is 7.04. The van der Waals surface area contributed by atoms with Gasteiger partial charge in [-0.2, -0.15) is 4.98 Å². The predicted octanol–water partition coefficient (Wildman–Crippen LogP) is 1.39. The molecule has 0 bridgehead atoms. The van der Waals surface area contributed by atoms with Gasteiger partial charge in [-0.1, -0.05) is 23.4 Å². The van der Waals surface area contributed by atoms with E-state index >= 15 is 0 Å². The van der Waals surface area contributed by atoms with Crippen molar-refractivity contribution in [3.8, 4) is 0 Å². The standard InChI is InChI=1S/C15H19N3O3/c1-20-10-14-16-15(21-17-14)8-18-7-11(9-19)6-12-4-2-3-5-13(12)18/h2-5,11,19H,6-10H2,1H3. The lowest BCUT2D eigenvalue weighted by Crippen LogP contribution is -2.36. The number of rotatable bonds is 5. The van der Waals surface area contributed by atoms with Crippen LogP contribution in [0, 0.1) is 5.92 Å². The Labute approximate surface area is 123 Å². The molecule has 6 heteroatoms. The lowest BCUT2D eigenvalue weighted by Gasteiger charge is -2.34. The molecule has 2 aromatic rings. The SMILES string of the molecule is COCc1noc(CN2CC(CO)Cc3ccccc32)n1. The third kappa shape index (κ3) is 3.06. The molecule has 2 heterocycles. The van der Waals surface area contributed by atoms with Gasteiger partial charge < -0.3 is 19.3 Å². The quantitative estimate of drug-likeness (QED) is 0.897. The second-order valence-corrected chi connectivity index (χ2v) is 5.30. The third-order valence-corrected chi connectivity index (χ3v) is 3.69. The highest BCUT2D eigenvalue weighted by Gasteiger charge is 2.25. The number of aliphatic hydroxyl groups excluding tert-OH is 1. The minimum atomic E-state index is 0.184. The Morgan fingerprint density at radius 2 is 2.29 bits per heavy atom. The Kier molecular flexibility index (Phi) is 4.17. The fourth-order valence-electron chi connectivity index (χ4n) is 2.75. The van der Waals surface area contributed by atoms with E-state index in [9.17, 15) is 5.11 Å². The average molecular weight is 289 g/mol. The molecular formula is C15H19N3O3. The zero-order chi connectivity index (χ0) is 14.7. The van der Waals surface area contributed by atoms with E-state index in [1.54, 1.807) is 7.11 Å². The summed E-state index contributed by atoms with van der Waals surface area (Å²) in [7, 11) is 1.60. The van der Waals surface area contributed by atoms with Gasteiger partial charge in [0.25, 0.3) is 0 Å². The summed E-state index contributed by atoms with van der Waals surface area (Å²) in [6.45, 7) is 1.86. The molecule has 112 valence electrons. The Balaban J connectivity index is 1.80. The Bertz CT molecular complexity index is 599. The molecule has 1 N–H and O–H groups in total. The average Bonchev–Trinajstić information content (AvgIpc) is 2.94. The van der Waals surface area contributed by atoms with Gasteiger partial charge in [0, 0.05) is 31.9 Å². The third-order valence-electron chi connectivity index (χ3n) is 3.69. The first-order valence-electron chi connectivity index (χ1n) is 7.04. The van der Waals surface area contributed by atoms with Gasteiger partial charge >= 0.3 is 0 Å². The minimum absolute atomic E-state index is 0.184. The van der Waals surface area contributed by atoms with Crippen LogP contribution < -0.4 is 4.90 Å². The summed E-state index contributed by atoms with van der Waals surface area (Å²) in [6.07, 6.45) is 0.905. The second-order valence-electron chi connectivity index (χ2n) is 5.30. The molecule has 1 aliphatic heterocycles. The summed E-state index contributed by atoms with van der Waals surface area (Å²) in [5.41, 5.74) is 2.42. The molecule has 0 saturated heterocycles. The zero-order valence-corrected chi connectivity index (χ0v) is 12.0. The smallest absolute Gasteiger partial charge is 0.246 e. The van der Waals surface area contributed by atoms with E-state index in [0.29, 0.717) is 24.9 Å². The first kappa shape index (κ1) is 14.0. The first-order chi connectivity index (χ1) is 10.3. The number of aromatic nitrogens is 2. The number of hydrogen-bond acceptors (Lipinski definition) is 6. The largest absolute Gasteiger partial charge is 0.396 e. The molecule has 1 unspecified atom stereocenters. The monoisotopic (exact) mass is 289 g/mol. The summed E-state index contributed by atoms with van der Waals surface area (Å²) in [4.78, 5) is 6.50. The van der Waals surface area contributed by atoms with E-state index in [4.69, 9.17) is 9.26 Å². The van der Waals surface area contributed by atoms with Crippen LogP contribution in [0.15, 0.2) is 28.8 Å². The van der Waals surface area contributed by atoms with Crippen molar-refractivity contribution in [2.45, 2.75) is 19.6 Å². The van der Waals surface area contributed by atoms with E-state index in [-0.39, 0.29) is 12.5 Å². The van der Waals surface area contributed by atoms with E-state index in [2.05, 4.69) is 27.2 Å². The molecule has 1 atom stereocenters. The molecular weight excluding hydrogens is 270 g/mol. The van der Waals surface area contributed by atoms with Gasteiger partial charge in [0.15, 0.2) is 5.82 Å². The molecule has 0 aliphatic carbocycles. The van der Waals surface area contributed by atoms with Gasteiger partial charge in [-0.25, -0.2) is 0 Å². The summed E-state index contributed by atoms with van der Waals surface area (Å²) >= 11 is 0. The van der Waals surface area contributed by atoms with Crippen molar-refractivity contribution < 1.29 is 14.4 Å². The topological polar surface area (TPSA) is 71.6 Å². The minimum Gasteiger partial charge on any atom is -0.396 e. The Hall–Kier alpha value is -1.92. The number of hydrogen-bond donors (Lipinski definition) is 1. The number of fused-ring (bicyclic) bond motifs is 1. The summed E-state index contributed by atoms with van der Waals surface area (Å²) < 4.78 is 10.2. The van der Waals surface area contributed by atoms with E-state index in [0.717, 1.165) is 13.0 Å². The summed E-state index contributed by atoms with van der Waals surface area (Å²) in [5, 5.41) is 13.4. The number of anilines is 1. The van der Waals surface area contributed by atoms with Crippen LogP contribution in [0.3, 0.4) is 0 Å². The molecule has 6 nitrogen and oxygen atoms in total. The maximum atomic E-state index is 9.48. The van der Waals surface area contributed by atoms with Gasteiger partial charge in [0.2, 0.25) is 5.89 Å². The van der Waals surface area contributed by atoms with Crippen molar-refractivity contribution >= 4 is 5.69 Å². The van der Waals surface area contributed by atoms with Crippen molar-refractivity contribution in [1.82, 2.24) is 10.1 Å². The highest BCUT2D eigenvalue weighted by Crippen LogP contribution is 2.30. The van der Waals surface area contributed by atoms with Crippen molar-refractivity contribution in [2.75, 3.05) is 25.2 Å². The molecule has 0 saturated carbocycles. The van der Waals surface area contributed by atoms with Crippen LogP contribution in [0.1, 0.15) is 17.3 Å². The lowest BCUT2D eigenvalue weighted by molar-refractivity contribution is 0.174. The highest BCUT2D eigenvalue weighted by molar-refractivity contribution is 5.55. The van der Waals surface area contributed by atoms with Crippen molar-refractivity contribution in [2.24, 2.45) is 5.92 Å². The van der Waals surface area contributed by atoms with Gasteiger partial charge in [0.05, 0.1) is 6.54 Å². The van der Waals surface area contributed by atoms with Crippen LogP contribution in [0.4, 0.5) is 5.69 Å². The Morgan fingerprint density at radius 3 is 3.10 bits per heavy atom. The lowest BCUT2D eigenvalue weighted by atomic mass is 9.93. The number of aliphatic hydroxyl groups is 1. The van der Waals surface area contributed by atoms with E-state index in [1.807, 2.05) is 12.1 Å². The van der Waals surface area contributed by atoms with Crippen LogP contribution in [0.2, 0.25) is 0 Å². The molecule has 0 radical (unpaired) electrons. The van der Waals surface area contributed by atoms with Crippen molar-refractivity contribution in [3.05, 3.63) is 41.5 Å². The van der Waals surface area contributed by atoms with Gasteiger partial charge in [-0.15, -0.1) is 0 Å². The molecule has 21 heavy (non-hydrogen) atoms. The maximum Gasteiger partial charge on any atom is 0.246 e. The molecule has 1 aliphatic rings. The Morgan fingerprint density at radius 1 is 1.43 bits per heavy atom. The van der Waals surface area contributed by atoms with Crippen LogP contribution in [-0.2, 0) is 24.3 Å². The van der Waals surface area contributed by atoms with Crippen LogP contribution >= 0.6 is 0 Å². The summed E-state index contributed by atoms with van der Waals surface area (Å²) in [6, 6.07) is 8.25. The van der Waals surface area contributed by atoms with Crippen LogP contribution in [-0.4, -0.2) is 35.5 Å². The van der Waals surface area contributed by atoms with Crippen LogP contribution in [0.25, 0.3) is 0 Å². The van der Waals surface area contributed by atoms with E-state index < -0.39 is 0 Å². The molecule has 0 spiro atoms.